The standard InChI is InChI=1S/C14H13NO3/c1-9-2-3-12(15-8-9)5-10-4-11(14(17)18)7-13(16)6-10/h2-4,6-8,16H,5H2,1H3,(H,17,18). The van der Waals surface area contributed by atoms with Gasteiger partial charge in [-0.1, -0.05) is 6.07 Å². The molecule has 2 aromatic rings. The van der Waals surface area contributed by atoms with Gasteiger partial charge in [-0.25, -0.2) is 4.79 Å². The van der Waals surface area contributed by atoms with Crippen molar-refractivity contribution in [2.75, 3.05) is 0 Å². The molecule has 0 bridgehead atoms. The lowest BCUT2D eigenvalue weighted by molar-refractivity contribution is 0.0696. The summed E-state index contributed by atoms with van der Waals surface area (Å²) in [6.07, 6.45) is 2.26. The summed E-state index contributed by atoms with van der Waals surface area (Å²) in [5.41, 5.74) is 2.71. The maximum Gasteiger partial charge on any atom is 0.335 e. The Morgan fingerprint density at radius 2 is 2.06 bits per heavy atom. The van der Waals surface area contributed by atoms with E-state index in [4.69, 9.17) is 5.11 Å². The predicted molar refractivity (Wildman–Crippen MR) is 66.8 cm³/mol. The van der Waals surface area contributed by atoms with Crippen molar-refractivity contribution in [2.24, 2.45) is 0 Å². The van der Waals surface area contributed by atoms with Gasteiger partial charge in [-0.15, -0.1) is 0 Å². The van der Waals surface area contributed by atoms with Gasteiger partial charge in [0.1, 0.15) is 5.75 Å². The number of benzene rings is 1. The van der Waals surface area contributed by atoms with E-state index in [-0.39, 0.29) is 11.3 Å². The Morgan fingerprint density at radius 1 is 1.28 bits per heavy atom. The highest BCUT2D eigenvalue weighted by Gasteiger charge is 2.07. The fraction of sp³-hybridized carbons (Fsp3) is 0.143. The van der Waals surface area contributed by atoms with E-state index in [1.165, 1.54) is 6.07 Å². The molecule has 4 nitrogen and oxygen atoms in total. The Balaban J connectivity index is 2.28. The Labute approximate surface area is 105 Å². The van der Waals surface area contributed by atoms with Gasteiger partial charge in [0, 0.05) is 18.3 Å². The first-order chi connectivity index (χ1) is 8.54. The van der Waals surface area contributed by atoms with Gasteiger partial charge in [0.2, 0.25) is 0 Å². The molecule has 0 aliphatic rings. The number of aromatic hydroxyl groups is 1. The zero-order chi connectivity index (χ0) is 13.1. The molecule has 0 saturated carbocycles. The van der Waals surface area contributed by atoms with Crippen LogP contribution in [0.2, 0.25) is 0 Å². The molecule has 0 aliphatic carbocycles. The van der Waals surface area contributed by atoms with E-state index in [1.54, 1.807) is 18.3 Å². The maximum atomic E-state index is 10.9. The van der Waals surface area contributed by atoms with Crippen molar-refractivity contribution in [3.8, 4) is 5.75 Å². The van der Waals surface area contributed by atoms with Gasteiger partial charge >= 0.3 is 5.97 Å². The minimum atomic E-state index is -1.05. The highest BCUT2D eigenvalue weighted by Crippen LogP contribution is 2.18. The van der Waals surface area contributed by atoms with Gasteiger partial charge in [-0.2, -0.15) is 0 Å². The summed E-state index contributed by atoms with van der Waals surface area (Å²) in [6, 6.07) is 8.16. The van der Waals surface area contributed by atoms with E-state index >= 15 is 0 Å². The number of carboxylic acids is 1. The van der Waals surface area contributed by atoms with Crippen LogP contribution in [0, 0.1) is 6.92 Å². The highest BCUT2D eigenvalue weighted by molar-refractivity contribution is 5.88. The van der Waals surface area contributed by atoms with E-state index < -0.39 is 5.97 Å². The smallest absolute Gasteiger partial charge is 0.335 e. The molecule has 0 spiro atoms. The molecule has 0 aliphatic heterocycles. The molecular weight excluding hydrogens is 230 g/mol. The summed E-state index contributed by atoms with van der Waals surface area (Å²) in [6.45, 7) is 1.95. The Morgan fingerprint density at radius 3 is 2.67 bits per heavy atom. The SMILES string of the molecule is Cc1ccc(Cc2cc(O)cc(C(=O)O)c2)nc1. The first kappa shape index (κ1) is 12.1. The second-order valence-corrected chi connectivity index (χ2v) is 4.20. The number of pyridine rings is 1. The normalized spacial score (nSPS) is 10.3. The molecule has 2 N–H and O–H groups in total. The molecule has 0 atom stereocenters. The molecule has 18 heavy (non-hydrogen) atoms. The van der Waals surface area contributed by atoms with E-state index in [1.807, 2.05) is 19.1 Å². The number of rotatable bonds is 3. The number of nitrogens with zero attached hydrogens (tertiary/aromatic N) is 1. The molecule has 1 aromatic heterocycles. The molecule has 2 rings (SSSR count). The zero-order valence-corrected chi connectivity index (χ0v) is 9.92. The zero-order valence-electron chi connectivity index (χ0n) is 9.92. The van der Waals surface area contributed by atoms with Gasteiger partial charge in [-0.05, 0) is 42.3 Å². The molecular formula is C14H13NO3. The van der Waals surface area contributed by atoms with Crippen molar-refractivity contribution < 1.29 is 15.0 Å². The molecule has 0 unspecified atom stereocenters. The lowest BCUT2D eigenvalue weighted by atomic mass is 10.1. The first-order valence-electron chi connectivity index (χ1n) is 5.52. The van der Waals surface area contributed by atoms with E-state index in [0.29, 0.717) is 6.42 Å². The van der Waals surface area contributed by atoms with E-state index in [9.17, 15) is 9.90 Å². The highest BCUT2D eigenvalue weighted by atomic mass is 16.4. The van der Waals surface area contributed by atoms with Gasteiger partial charge in [0.15, 0.2) is 0 Å². The van der Waals surface area contributed by atoms with Crippen LogP contribution in [0.3, 0.4) is 0 Å². The number of phenolic OH excluding ortho intramolecular Hbond substituents is 1. The van der Waals surface area contributed by atoms with Crippen LogP contribution in [0.15, 0.2) is 36.5 Å². The number of aromatic nitrogens is 1. The lowest BCUT2D eigenvalue weighted by Crippen LogP contribution is -1.99. The summed E-state index contributed by atoms with van der Waals surface area (Å²) in [7, 11) is 0. The summed E-state index contributed by atoms with van der Waals surface area (Å²) in [5.74, 6) is -1.10. The lowest BCUT2D eigenvalue weighted by Gasteiger charge is -2.04. The number of hydrogen-bond donors (Lipinski definition) is 2. The minimum Gasteiger partial charge on any atom is -0.508 e. The van der Waals surface area contributed by atoms with Crippen molar-refractivity contribution in [2.45, 2.75) is 13.3 Å². The predicted octanol–water partition coefficient (Wildman–Crippen LogP) is 2.38. The van der Waals surface area contributed by atoms with Crippen LogP contribution in [-0.4, -0.2) is 21.2 Å². The maximum absolute atomic E-state index is 10.9. The molecule has 1 aromatic carbocycles. The van der Waals surface area contributed by atoms with Crippen LogP contribution in [0.5, 0.6) is 5.75 Å². The van der Waals surface area contributed by atoms with Gasteiger partial charge in [-0.3, -0.25) is 4.98 Å². The number of aryl methyl sites for hydroxylation is 1. The third-order valence-electron chi connectivity index (χ3n) is 2.58. The van der Waals surface area contributed by atoms with Crippen LogP contribution in [0.4, 0.5) is 0 Å². The van der Waals surface area contributed by atoms with Crippen LogP contribution in [0.25, 0.3) is 0 Å². The topological polar surface area (TPSA) is 70.4 Å². The first-order valence-corrected chi connectivity index (χ1v) is 5.52. The Hall–Kier alpha value is -2.36. The fourth-order valence-electron chi connectivity index (χ4n) is 1.71. The summed E-state index contributed by atoms with van der Waals surface area (Å²) in [4.78, 5) is 15.1. The molecule has 0 fully saturated rings. The van der Waals surface area contributed by atoms with Crippen LogP contribution < -0.4 is 0 Å². The number of carboxylic acid groups (broad SMARTS) is 1. The average Bonchev–Trinajstić information content (AvgIpc) is 2.31. The molecule has 0 radical (unpaired) electrons. The fourth-order valence-corrected chi connectivity index (χ4v) is 1.71. The average molecular weight is 243 g/mol. The van der Waals surface area contributed by atoms with Crippen molar-refractivity contribution in [1.82, 2.24) is 4.98 Å². The second-order valence-electron chi connectivity index (χ2n) is 4.20. The quantitative estimate of drug-likeness (QED) is 0.868. The van der Waals surface area contributed by atoms with Crippen molar-refractivity contribution >= 4 is 5.97 Å². The molecule has 92 valence electrons. The number of hydrogen-bond acceptors (Lipinski definition) is 3. The monoisotopic (exact) mass is 243 g/mol. The van der Waals surface area contributed by atoms with Crippen molar-refractivity contribution in [3.63, 3.8) is 0 Å². The molecule has 0 amide bonds. The van der Waals surface area contributed by atoms with Gasteiger partial charge in [0.25, 0.3) is 0 Å². The van der Waals surface area contributed by atoms with Crippen LogP contribution in [0.1, 0.15) is 27.2 Å². The minimum absolute atomic E-state index is 0.0444. The number of aromatic carboxylic acids is 1. The summed E-state index contributed by atoms with van der Waals surface area (Å²) >= 11 is 0. The second kappa shape index (κ2) is 4.87. The van der Waals surface area contributed by atoms with Crippen molar-refractivity contribution in [3.05, 3.63) is 58.9 Å². The van der Waals surface area contributed by atoms with Crippen LogP contribution in [-0.2, 0) is 6.42 Å². The molecule has 4 heteroatoms. The third-order valence-corrected chi connectivity index (χ3v) is 2.58. The summed E-state index contributed by atoms with van der Waals surface area (Å²) in [5, 5.41) is 18.4. The Bertz CT molecular complexity index is 576. The van der Waals surface area contributed by atoms with Gasteiger partial charge in [0.05, 0.1) is 5.56 Å². The summed E-state index contributed by atoms with van der Waals surface area (Å²) < 4.78 is 0. The van der Waals surface area contributed by atoms with Crippen molar-refractivity contribution in [1.29, 1.82) is 0 Å². The molecule has 1 heterocycles. The van der Waals surface area contributed by atoms with Gasteiger partial charge < -0.3 is 10.2 Å². The van der Waals surface area contributed by atoms with E-state index in [2.05, 4.69) is 4.98 Å². The van der Waals surface area contributed by atoms with Crippen LogP contribution >= 0.6 is 0 Å². The third kappa shape index (κ3) is 2.85. The largest absolute Gasteiger partial charge is 0.508 e. The van der Waals surface area contributed by atoms with E-state index in [0.717, 1.165) is 16.8 Å². The molecule has 0 saturated heterocycles. The Kier molecular flexibility index (Phi) is 3.28. The number of phenols is 1. The number of carbonyl (C=O) groups is 1.